The van der Waals surface area contributed by atoms with Crippen molar-refractivity contribution in [1.82, 2.24) is 0 Å². The van der Waals surface area contributed by atoms with Crippen LogP contribution in [-0.4, -0.2) is 86.4 Å². The Balaban J connectivity index is -0.0000000450. The number of carbonyl (C=O) groups is 1. The van der Waals surface area contributed by atoms with E-state index < -0.39 is 5.97 Å². The number of rotatable bonds is 0. The van der Waals surface area contributed by atoms with Gasteiger partial charge >= 0.3 is 81.3 Å². The molecule has 0 amide bonds. The standard InChI is InChI=1S/C2H3O2.K.Sn.3H/c1-2(3)4;;;;;/h1H2,(H,3,4);;;;;. The maximum atomic E-state index is 8.89. The van der Waals surface area contributed by atoms with E-state index in [0.717, 1.165) is 0 Å². The van der Waals surface area contributed by atoms with E-state index in [1.54, 1.807) is 0 Å². The molecule has 1 N–H and O–H groups in total. The third-order valence-corrected chi connectivity index (χ3v) is 0. The molecular formula is C2H6KO2Sn. The van der Waals surface area contributed by atoms with Crippen molar-refractivity contribution in [3.05, 3.63) is 6.92 Å². The summed E-state index contributed by atoms with van der Waals surface area (Å²) in [5.74, 6) is -1.08. The molecule has 0 saturated carbocycles. The Hall–Kier alpha value is 1.91. The van der Waals surface area contributed by atoms with E-state index in [1.165, 1.54) is 0 Å². The zero-order valence-corrected chi connectivity index (χ0v) is 6.81. The van der Waals surface area contributed by atoms with Crippen LogP contribution < -0.4 is 0 Å². The second-order valence-corrected chi connectivity index (χ2v) is 0.394. The summed E-state index contributed by atoms with van der Waals surface area (Å²) in [7, 11) is 0. The van der Waals surface area contributed by atoms with Crippen molar-refractivity contribution < 1.29 is 9.90 Å². The van der Waals surface area contributed by atoms with Gasteiger partial charge in [-0.05, 0) is 0 Å². The molecule has 3 radical (unpaired) electrons. The maximum absolute atomic E-state index is 8.89. The van der Waals surface area contributed by atoms with Crippen molar-refractivity contribution in [1.29, 1.82) is 0 Å². The first-order valence-electron chi connectivity index (χ1n) is 0.781. The molecule has 0 rings (SSSR count). The molecule has 0 bridgehead atoms. The van der Waals surface area contributed by atoms with Gasteiger partial charge in [0.25, 0.3) is 0 Å². The molecule has 0 atom stereocenters. The molecule has 0 aliphatic rings. The van der Waals surface area contributed by atoms with Gasteiger partial charge in [0.05, 0.1) is 6.92 Å². The van der Waals surface area contributed by atoms with Gasteiger partial charge in [0, 0.05) is 0 Å². The van der Waals surface area contributed by atoms with Crippen LogP contribution in [0.4, 0.5) is 0 Å². The SMILES string of the molecule is [CH2]C(=O)O.[KH].[SnH2]. The van der Waals surface area contributed by atoms with Gasteiger partial charge in [-0.2, -0.15) is 0 Å². The van der Waals surface area contributed by atoms with Crippen LogP contribution >= 0.6 is 0 Å². The van der Waals surface area contributed by atoms with Gasteiger partial charge in [0.1, 0.15) is 0 Å². The van der Waals surface area contributed by atoms with Gasteiger partial charge in [-0.25, -0.2) is 0 Å². The van der Waals surface area contributed by atoms with Crippen LogP contribution in [0.5, 0.6) is 0 Å². The minimum absolute atomic E-state index is 0. The molecule has 0 saturated heterocycles. The summed E-state index contributed by atoms with van der Waals surface area (Å²) in [5, 5.41) is 7.31. The van der Waals surface area contributed by atoms with E-state index in [1.807, 2.05) is 0 Å². The first kappa shape index (κ1) is 15.7. The fourth-order valence-corrected chi connectivity index (χ4v) is 0. The third kappa shape index (κ3) is 39.1. The second-order valence-electron chi connectivity index (χ2n) is 0.394. The molecule has 0 aromatic heterocycles. The summed E-state index contributed by atoms with van der Waals surface area (Å²) >= 11 is 0. The molecule has 0 spiro atoms. The van der Waals surface area contributed by atoms with Crippen molar-refractivity contribution >= 4 is 81.3 Å². The van der Waals surface area contributed by atoms with Crippen LogP contribution in [0.1, 0.15) is 0 Å². The first-order chi connectivity index (χ1) is 1.73. The predicted octanol–water partition coefficient (Wildman–Crippen LogP) is -1.66. The van der Waals surface area contributed by atoms with Crippen molar-refractivity contribution in [2.24, 2.45) is 0 Å². The van der Waals surface area contributed by atoms with Crippen molar-refractivity contribution in [3.63, 3.8) is 0 Å². The van der Waals surface area contributed by atoms with Crippen LogP contribution in [0.3, 0.4) is 0 Å². The quantitative estimate of drug-likeness (QED) is 0.496. The molecule has 0 fully saturated rings. The summed E-state index contributed by atoms with van der Waals surface area (Å²) in [6.07, 6.45) is 0. The van der Waals surface area contributed by atoms with Crippen LogP contribution in [0, 0.1) is 6.92 Å². The van der Waals surface area contributed by atoms with Crippen LogP contribution in [-0.2, 0) is 4.79 Å². The van der Waals surface area contributed by atoms with Crippen LogP contribution in [0.25, 0.3) is 0 Å². The monoisotopic (exact) mass is 221 g/mol. The van der Waals surface area contributed by atoms with Crippen molar-refractivity contribution in [3.8, 4) is 0 Å². The minimum atomic E-state index is -1.08. The fourth-order valence-electron chi connectivity index (χ4n) is 0. The van der Waals surface area contributed by atoms with Crippen LogP contribution in [0.15, 0.2) is 0 Å². The number of carboxylic acids is 1. The zero-order valence-electron chi connectivity index (χ0n) is 2.77. The van der Waals surface area contributed by atoms with E-state index in [0.29, 0.717) is 0 Å². The molecule has 0 heterocycles. The second kappa shape index (κ2) is 10.0. The van der Waals surface area contributed by atoms with Gasteiger partial charge < -0.3 is 5.11 Å². The van der Waals surface area contributed by atoms with E-state index >= 15 is 0 Å². The van der Waals surface area contributed by atoms with E-state index in [4.69, 9.17) is 9.90 Å². The first-order valence-corrected chi connectivity index (χ1v) is 0.781. The van der Waals surface area contributed by atoms with Gasteiger partial charge in [0.15, 0.2) is 0 Å². The zero-order chi connectivity index (χ0) is 3.58. The summed E-state index contributed by atoms with van der Waals surface area (Å²) in [4.78, 5) is 8.89. The average molecular weight is 220 g/mol. The van der Waals surface area contributed by atoms with E-state index in [2.05, 4.69) is 6.92 Å². The molecular weight excluding hydrogens is 214 g/mol. The summed E-state index contributed by atoms with van der Waals surface area (Å²) < 4.78 is 0. The molecule has 31 valence electrons. The molecule has 0 aliphatic carbocycles. The Morgan fingerprint density at radius 3 is 1.67 bits per heavy atom. The summed E-state index contributed by atoms with van der Waals surface area (Å²) in [6.45, 7) is 2.56. The molecule has 2 nitrogen and oxygen atoms in total. The Bertz CT molecular complexity index is 34.5. The molecule has 0 aromatic carbocycles. The number of carboxylic acid groups (broad SMARTS) is 1. The topological polar surface area (TPSA) is 37.3 Å². The normalized spacial score (nSPS) is 4.17. The molecule has 0 aliphatic heterocycles. The third-order valence-electron chi connectivity index (χ3n) is 0. The predicted molar refractivity (Wildman–Crippen MR) is 28.7 cm³/mol. The summed E-state index contributed by atoms with van der Waals surface area (Å²) in [6, 6.07) is 0. The van der Waals surface area contributed by atoms with Gasteiger partial charge in [-0.15, -0.1) is 0 Å². The average Bonchev–Trinajstić information content (AvgIpc) is 0.811. The van der Waals surface area contributed by atoms with Crippen molar-refractivity contribution in [2.75, 3.05) is 0 Å². The van der Waals surface area contributed by atoms with Crippen molar-refractivity contribution in [2.45, 2.75) is 0 Å². The van der Waals surface area contributed by atoms with E-state index in [9.17, 15) is 0 Å². The molecule has 6 heavy (non-hydrogen) atoms. The molecule has 0 aromatic rings. The number of aliphatic carboxylic acids is 1. The van der Waals surface area contributed by atoms with Gasteiger partial charge in [-0.1, -0.05) is 0 Å². The molecule has 0 unspecified atom stereocenters. The van der Waals surface area contributed by atoms with E-state index in [-0.39, 0.29) is 75.3 Å². The number of hydrogen-bond donors (Lipinski definition) is 1. The Morgan fingerprint density at radius 2 is 1.67 bits per heavy atom. The Kier molecular flexibility index (Phi) is 26.1. The Labute approximate surface area is 96.1 Å². The Morgan fingerprint density at radius 1 is 1.67 bits per heavy atom. The van der Waals surface area contributed by atoms with Gasteiger partial charge in [0.2, 0.25) is 0 Å². The van der Waals surface area contributed by atoms with Gasteiger partial charge in [-0.3, -0.25) is 4.79 Å². The fraction of sp³-hybridized carbons (Fsp3) is 0. The van der Waals surface area contributed by atoms with Crippen LogP contribution in [0.2, 0.25) is 0 Å². The summed E-state index contributed by atoms with van der Waals surface area (Å²) in [5.41, 5.74) is 0. The number of hydrogen-bond acceptors (Lipinski definition) is 1. The molecule has 4 heteroatoms.